The molecule has 1 N–H and O–H groups in total. The number of carbonyl (C=O) groups is 1. The Labute approximate surface area is 135 Å². The number of para-hydroxylation sites is 1. The van der Waals surface area contributed by atoms with Crippen LogP contribution in [-0.2, 0) is 4.79 Å². The van der Waals surface area contributed by atoms with Crippen molar-refractivity contribution in [2.45, 2.75) is 0 Å². The number of fused-ring (bicyclic) bond motifs is 2. The molecular weight excluding hydrogens is 340 g/mol. The number of nitrogens with zero attached hydrogens (tertiary/aromatic N) is 1. The number of carbonyl (C=O) groups excluding carboxylic acids is 1. The summed E-state index contributed by atoms with van der Waals surface area (Å²) in [4.78, 5) is 16.8. The van der Waals surface area contributed by atoms with E-state index in [0.29, 0.717) is 5.57 Å². The lowest BCUT2D eigenvalue weighted by atomic mass is 10.1. The number of hydrogen-bond acceptors (Lipinski definition) is 2. The van der Waals surface area contributed by atoms with Gasteiger partial charge in [-0.1, -0.05) is 40.2 Å². The molecule has 0 aliphatic carbocycles. The van der Waals surface area contributed by atoms with Crippen LogP contribution in [0, 0.1) is 0 Å². The van der Waals surface area contributed by atoms with Crippen LogP contribution in [0.2, 0.25) is 0 Å². The summed E-state index contributed by atoms with van der Waals surface area (Å²) in [7, 11) is 0. The molecule has 0 saturated carbocycles. The summed E-state index contributed by atoms with van der Waals surface area (Å²) in [5.74, 6) is -0.0944. The van der Waals surface area contributed by atoms with Crippen molar-refractivity contribution < 1.29 is 4.79 Å². The average molecular weight is 351 g/mol. The highest BCUT2D eigenvalue weighted by Crippen LogP contribution is 2.34. The van der Waals surface area contributed by atoms with Crippen LogP contribution in [0.4, 0.5) is 5.69 Å². The second kappa shape index (κ2) is 5.07. The molecule has 22 heavy (non-hydrogen) atoms. The first-order valence-corrected chi connectivity index (χ1v) is 7.69. The number of halogens is 1. The standard InChI is InChI=1S/C18H11BrN2O/c19-12-6-8-17-14(9-12)15(18(22)21-17)10-13-7-5-11-3-1-2-4-16(11)20-13/h1-10H,(H,21,22). The number of nitrogens with one attached hydrogen (secondary N) is 1. The first-order chi connectivity index (χ1) is 10.7. The van der Waals surface area contributed by atoms with E-state index in [1.165, 1.54) is 0 Å². The van der Waals surface area contributed by atoms with Crippen LogP contribution in [0.25, 0.3) is 22.6 Å². The number of benzene rings is 2. The summed E-state index contributed by atoms with van der Waals surface area (Å²) in [5.41, 5.74) is 4.06. The van der Waals surface area contributed by atoms with Gasteiger partial charge in [0.1, 0.15) is 0 Å². The zero-order chi connectivity index (χ0) is 15.1. The molecule has 3 aromatic rings. The van der Waals surface area contributed by atoms with Crippen LogP contribution < -0.4 is 5.32 Å². The summed E-state index contributed by atoms with van der Waals surface area (Å²) in [6.45, 7) is 0. The Kier molecular flexibility index (Phi) is 3.05. The van der Waals surface area contributed by atoms with Crippen molar-refractivity contribution >= 4 is 50.1 Å². The minimum atomic E-state index is -0.0944. The van der Waals surface area contributed by atoms with Crippen molar-refractivity contribution in [3.05, 3.63) is 70.3 Å². The van der Waals surface area contributed by atoms with E-state index in [4.69, 9.17) is 0 Å². The molecule has 0 spiro atoms. The number of hydrogen-bond donors (Lipinski definition) is 1. The summed E-state index contributed by atoms with van der Waals surface area (Å²) >= 11 is 3.45. The fourth-order valence-corrected chi connectivity index (χ4v) is 2.97. The van der Waals surface area contributed by atoms with Crippen LogP contribution in [0.15, 0.2) is 59.1 Å². The lowest BCUT2D eigenvalue weighted by Crippen LogP contribution is -2.03. The third-order valence-corrected chi connectivity index (χ3v) is 4.17. The van der Waals surface area contributed by atoms with E-state index in [-0.39, 0.29) is 5.91 Å². The van der Waals surface area contributed by atoms with Crippen molar-refractivity contribution in [3.8, 4) is 0 Å². The fraction of sp³-hybridized carbons (Fsp3) is 0. The van der Waals surface area contributed by atoms with Gasteiger partial charge in [-0.3, -0.25) is 4.79 Å². The first-order valence-electron chi connectivity index (χ1n) is 6.89. The number of pyridine rings is 1. The molecule has 2 aromatic carbocycles. The number of anilines is 1. The van der Waals surface area contributed by atoms with E-state index in [9.17, 15) is 4.79 Å². The average Bonchev–Trinajstić information content (AvgIpc) is 2.83. The third-order valence-electron chi connectivity index (χ3n) is 3.68. The fourth-order valence-electron chi connectivity index (χ4n) is 2.61. The van der Waals surface area contributed by atoms with Crippen LogP contribution in [-0.4, -0.2) is 10.9 Å². The molecule has 1 aromatic heterocycles. The van der Waals surface area contributed by atoms with E-state index >= 15 is 0 Å². The molecule has 0 fully saturated rings. The molecule has 0 saturated heterocycles. The monoisotopic (exact) mass is 350 g/mol. The summed E-state index contributed by atoms with van der Waals surface area (Å²) in [6, 6.07) is 17.6. The van der Waals surface area contributed by atoms with E-state index in [0.717, 1.165) is 32.3 Å². The molecule has 1 aliphatic rings. The molecule has 106 valence electrons. The highest BCUT2D eigenvalue weighted by Gasteiger charge is 2.24. The van der Waals surface area contributed by atoms with Gasteiger partial charge in [0.2, 0.25) is 0 Å². The van der Waals surface area contributed by atoms with Gasteiger partial charge in [-0.15, -0.1) is 0 Å². The molecule has 0 atom stereocenters. The van der Waals surface area contributed by atoms with Crippen molar-refractivity contribution in [1.82, 2.24) is 4.98 Å². The highest BCUT2D eigenvalue weighted by molar-refractivity contribution is 9.10. The van der Waals surface area contributed by atoms with Gasteiger partial charge in [0.25, 0.3) is 5.91 Å². The predicted molar refractivity (Wildman–Crippen MR) is 92.4 cm³/mol. The Morgan fingerprint density at radius 2 is 1.91 bits per heavy atom. The SMILES string of the molecule is O=C1Nc2ccc(Br)cc2C1=Cc1ccc2ccccc2n1. The maximum absolute atomic E-state index is 12.2. The van der Waals surface area contributed by atoms with E-state index in [1.807, 2.05) is 60.7 Å². The molecule has 4 rings (SSSR count). The van der Waals surface area contributed by atoms with Crippen molar-refractivity contribution in [1.29, 1.82) is 0 Å². The van der Waals surface area contributed by atoms with Gasteiger partial charge in [-0.2, -0.15) is 0 Å². The molecule has 1 aliphatic heterocycles. The quantitative estimate of drug-likeness (QED) is 0.657. The lowest BCUT2D eigenvalue weighted by molar-refractivity contribution is -0.110. The Morgan fingerprint density at radius 1 is 1.05 bits per heavy atom. The molecule has 0 unspecified atom stereocenters. The second-order valence-corrected chi connectivity index (χ2v) is 6.05. The Morgan fingerprint density at radius 3 is 2.82 bits per heavy atom. The zero-order valence-electron chi connectivity index (χ0n) is 11.5. The summed E-state index contributed by atoms with van der Waals surface area (Å²) in [6.07, 6.45) is 1.83. The van der Waals surface area contributed by atoms with E-state index in [1.54, 1.807) is 0 Å². The highest BCUT2D eigenvalue weighted by atomic mass is 79.9. The van der Waals surface area contributed by atoms with Gasteiger partial charge >= 0.3 is 0 Å². The van der Waals surface area contributed by atoms with Gasteiger partial charge in [-0.05, 0) is 36.4 Å². The van der Waals surface area contributed by atoms with Crippen LogP contribution >= 0.6 is 15.9 Å². The largest absolute Gasteiger partial charge is 0.321 e. The third kappa shape index (κ3) is 2.22. The number of amides is 1. The van der Waals surface area contributed by atoms with E-state index in [2.05, 4.69) is 26.2 Å². The Hall–Kier alpha value is -2.46. The minimum absolute atomic E-state index is 0.0944. The molecule has 0 radical (unpaired) electrons. The Bertz CT molecular complexity index is 947. The van der Waals surface area contributed by atoms with Crippen LogP contribution in [0.5, 0.6) is 0 Å². The molecular formula is C18H11BrN2O. The smallest absolute Gasteiger partial charge is 0.256 e. The Balaban J connectivity index is 1.85. The predicted octanol–water partition coefficient (Wildman–Crippen LogP) is 4.49. The molecule has 3 nitrogen and oxygen atoms in total. The summed E-state index contributed by atoms with van der Waals surface area (Å²) in [5, 5.41) is 3.96. The maximum Gasteiger partial charge on any atom is 0.256 e. The molecule has 0 bridgehead atoms. The molecule has 2 heterocycles. The van der Waals surface area contributed by atoms with Crippen LogP contribution in [0.1, 0.15) is 11.3 Å². The van der Waals surface area contributed by atoms with Crippen molar-refractivity contribution in [3.63, 3.8) is 0 Å². The zero-order valence-corrected chi connectivity index (χ0v) is 13.1. The number of aromatic nitrogens is 1. The van der Waals surface area contributed by atoms with Gasteiger partial charge in [0, 0.05) is 21.1 Å². The van der Waals surface area contributed by atoms with Gasteiger partial charge in [0.05, 0.1) is 16.8 Å². The topological polar surface area (TPSA) is 42.0 Å². The molecule has 4 heteroatoms. The van der Waals surface area contributed by atoms with Gasteiger partial charge in [-0.25, -0.2) is 4.98 Å². The van der Waals surface area contributed by atoms with Crippen molar-refractivity contribution in [2.75, 3.05) is 5.32 Å². The maximum atomic E-state index is 12.2. The van der Waals surface area contributed by atoms with Crippen molar-refractivity contribution in [2.24, 2.45) is 0 Å². The normalized spacial score (nSPS) is 15.1. The van der Waals surface area contributed by atoms with Gasteiger partial charge < -0.3 is 5.32 Å². The molecule has 1 amide bonds. The second-order valence-electron chi connectivity index (χ2n) is 5.13. The number of rotatable bonds is 1. The van der Waals surface area contributed by atoms with Gasteiger partial charge in [0.15, 0.2) is 0 Å². The van der Waals surface area contributed by atoms with Crippen LogP contribution in [0.3, 0.4) is 0 Å². The van der Waals surface area contributed by atoms with E-state index < -0.39 is 0 Å². The minimum Gasteiger partial charge on any atom is -0.321 e. The first kappa shape index (κ1) is 13.2. The summed E-state index contributed by atoms with van der Waals surface area (Å²) < 4.78 is 0.945. The lowest BCUT2D eigenvalue weighted by Gasteiger charge is -2.01.